The minimum Gasteiger partial charge on any atom is -0.328 e. The molecule has 0 aromatic heterocycles. The summed E-state index contributed by atoms with van der Waals surface area (Å²) >= 11 is 0. The van der Waals surface area contributed by atoms with Gasteiger partial charge in [-0.25, -0.2) is 0 Å². The van der Waals surface area contributed by atoms with Crippen molar-refractivity contribution in [3.05, 3.63) is 0 Å². The number of halogens is 1. The molecule has 0 radical (unpaired) electrons. The summed E-state index contributed by atoms with van der Waals surface area (Å²) in [6.45, 7) is 2.54. The van der Waals surface area contributed by atoms with Gasteiger partial charge >= 0.3 is 0 Å². The van der Waals surface area contributed by atoms with Gasteiger partial charge in [-0.15, -0.1) is 0 Å². The topological polar surface area (TPSA) is 9.23 Å². The van der Waals surface area contributed by atoms with Crippen LogP contribution in [-0.2, 0) is 4.94 Å². The molecule has 0 aromatic carbocycles. The Kier molecular flexibility index (Phi) is 2.84. The lowest BCUT2D eigenvalue weighted by molar-refractivity contribution is -0.898. The van der Waals surface area contributed by atoms with Crippen molar-refractivity contribution in [1.82, 2.24) is 0 Å². The van der Waals surface area contributed by atoms with Gasteiger partial charge in [-0.2, -0.15) is 4.94 Å². The van der Waals surface area contributed by atoms with Crippen LogP contribution in [0.1, 0.15) is 12.8 Å². The van der Waals surface area contributed by atoms with E-state index in [4.69, 9.17) is 0 Å². The van der Waals surface area contributed by atoms with E-state index in [0.717, 1.165) is 17.4 Å². The summed E-state index contributed by atoms with van der Waals surface area (Å²) in [6.07, 6.45) is 2.31. The first-order chi connectivity index (χ1) is 5.14. The first-order valence-electron chi connectivity index (χ1n) is 4.19. The van der Waals surface area contributed by atoms with E-state index in [0.29, 0.717) is 5.92 Å². The van der Waals surface area contributed by atoms with Crippen molar-refractivity contribution >= 4 is 0 Å². The maximum atomic E-state index is 11.5. The quantitative estimate of drug-likeness (QED) is 0.557. The third-order valence-corrected chi connectivity index (χ3v) is 2.43. The summed E-state index contributed by atoms with van der Waals surface area (Å²) in [6, 6.07) is 0. The fourth-order valence-electron chi connectivity index (χ4n) is 1.91. The largest absolute Gasteiger partial charge is 0.328 e. The predicted molar refractivity (Wildman–Crippen MR) is 41.6 cm³/mol. The number of nitrogens with zero attached hydrogens (tertiary/aromatic N) is 1. The molecule has 1 fully saturated rings. The molecule has 0 N–H and O–H groups in total. The van der Waals surface area contributed by atoms with E-state index in [1.807, 2.05) is 0 Å². The fourth-order valence-corrected chi connectivity index (χ4v) is 1.91. The highest BCUT2D eigenvalue weighted by atomic mass is 19.3. The molecule has 66 valence electrons. The summed E-state index contributed by atoms with van der Waals surface area (Å²) < 4.78 is 12.5. The minimum atomic E-state index is 0.279. The summed E-state index contributed by atoms with van der Waals surface area (Å²) in [7, 11) is 4.37. The van der Waals surface area contributed by atoms with Gasteiger partial charge in [0.15, 0.2) is 0 Å². The minimum absolute atomic E-state index is 0.279. The molecule has 2 nitrogen and oxygen atoms in total. The highest BCUT2D eigenvalue weighted by Gasteiger charge is 2.27. The van der Waals surface area contributed by atoms with Crippen molar-refractivity contribution in [2.45, 2.75) is 12.8 Å². The van der Waals surface area contributed by atoms with Gasteiger partial charge in [0.2, 0.25) is 0 Å². The predicted octanol–water partition coefficient (Wildman–Crippen LogP) is 1.37. The van der Waals surface area contributed by atoms with Crippen LogP contribution in [0, 0.1) is 5.92 Å². The van der Waals surface area contributed by atoms with Crippen LogP contribution in [0.25, 0.3) is 0 Å². The highest BCUT2D eigenvalue weighted by Crippen LogP contribution is 2.19. The molecular weight excluding hydrogens is 145 g/mol. The van der Waals surface area contributed by atoms with Crippen molar-refractivity contribution < 1.29 is 14.0 Å². The molecule has 1 saturated heterocycles. The summed E-state index contributed by atoms with van der Waals surface area (Å²) in [5, 5.41) is 0. The molecule has 0 spiro atoms. The van der Waals surface area contributed by atoms with Gasteiger partial charge in [-0.3, -0.25) is 0 Å². The molecule has 0 aromatic rings. The smallest absolute Gasteiger partial charge is 0.0958 e. The Morgan fingerprint density at radius 1 is 1.55 bits per heavy atom. The Bertz CT molecular complexity index is 125. The van der Waals surface area contributed by atoms with E-state index in [2.05, 4.69) is 19.0 Å². The van der Waals surface area contributed by atoms with E-state index in [-0.39, 0.29) is 6.61 Å². The lowest BCUT2D eigenvalue weighted by Gasteiger charge is -2.37. The number of likely N-dealkylation sites (tertiary alicyclic amines) is 1. The van der Waals surface area contributed by atoms with Crippen molar-refractivity contribution in [2.75, 3.05) is 33.8 Å². The van der Waals surface area contributed by atoms with Gasteiger partial charge in [0.25, 0.3) is 0 Å². The molecule has 3 heteroatoms. The van der Waals surface area contributed by atoms with Crippen molar-refractivity contribution in [3.63, 3.8) is 0 Å². The first-order valence-corrected chi connectivity index (χ1v) is 4.19. The maximum absolute atomic E-state index is 11.5. The zero-order valence-electron chi connectivity index (χ0n) is 7.35. The number of rotatable bonds is 2. The number of quaternary nitrogens is 1. The van der Waals surface area contributed by atoms with E-state index < -0.39 is 0 Å². The molecule has 0 aliphatic carbocycles. The van der Waals surface area contributed by atoms with Gasteiger partial charge in [0.1, 0.15) is 0 Å². The van der Waals surface area contributed by atoms with Gasteiger partial charge in [0.05, 0.1) is 33.8 Å². The van der Waals surface area contributed by atoms with Crippen LogP contribution >= 0.6 is 0 Å². The molecule has 1 aliphatic rings. The van der Waals surface area contributed by atoms with Crippen LogP contribution < -0.4 is 0 Å². The molecule has 0 bridgehead atoms. The number of hydrogen-bond acceptors (Lipinski definition) is 1. The summed E-state index contributed by atoms with van der Waals surface area (Å²) in [5.74, 6) is 0.420. The van der Waals surface area contributed by atoms with E-state index in [9.17, 15) is 4.53 Å². The molecule has 1 aliphatic heterocycles. The van der Waals surface area contributed by atoms with Gasteiger partial charge in [-0.1, -0.05) is 0 Å². The van der Waals surface area contributed by atoms with Gasteiger partial charge in [-0.05, 0) is 17.4 Å². The molecule has 0 saturated carbocycles. The maximum Gasteiger partial charge on any atom is 0.0958 e. The Morgan fingerprint density at radius 2 is 2.27 bits per heavy atom. The number of hydrogen-bond donors (Lipinski definition) is 0. The van der Waals surface area contributed by atoms with Crippen LogP contribution in [0.15, 0.2) is 0 Å². The molecule has 1 unspecified atom stereocenters. The Morgan fingerprint density at radius 3 is 2.82 bits per heavy atom. The highest BCUT2D eigenvalue weighted by molar-refractivity contribution is 4.61. The third-order valence-electron chi connectivity index (χ3n) is 2.43. The van der Waals surface area contributed by atoms with Crippen LogP contribution in [-0.4, -0.2) is 38.3 Å². The summed E-state index contributed by atoms with van der Waals surface area (Å²) in [5.41, 5.74) is 0. The fraction of sp³-hybridized carbons (Fsp3) is 1.00. The molecule has 1 atom stereocenters. The second kappa shape index (κ2) is 3.50. The lowest BCUT2D eigenvalue weighted by Crippen LogP contribution is -2.48. The zero-order chi connectivity index (χ0) is 8.32. The first kappa shape index (κ1) is 8.94. The SMILES string of the molecule is C[N+]1(C)CCCC(COF)C1. The molecule has 11 heavy (non-hydrogen) atoms. The normalized spacial score (nSPS) is 30.3. The van der Waals surface area contributed by atoms with Crippen LogP contribution in [0.3, 0.4) is 0 Å². The molecular formula is C8H17FNO+. The van der Waals surface area contributed by atoms with E-state index in [1.54, 1.807) is 0 Å². The molecule has 1 heterocycles. The van der Waals surface area contributed by atoms with Gasteiger partial charge in [0, 0.05) is 5.92 Å². The lowest BCUT2D eigenvalue weighted by atomic mass is 9.98. The second-order valence-electron chi connectivity index (χ2n) is 4.13. The second-order valence-corrected chi connectivity index (χ2v) is 4.13. The molecule has 1 rings (SSSR count). The zero-order valence-corrected chi connectivity index (χ0v) is 7.35. The number of piperidine rings is 1. The van der Waals surface area contributed by atoms with E-state index >= 15 is 0 Å². The van der Waals surface area contributed by atoms with Crippen LogP contribution in [0.4, 0.5) is 4.53 Å². The Balaban J connectivity index is 2.34. The van der Waals surface area contributed by atoms with E-state index in [1.165, 1.54) is 13.0 Å². The third kappa shape index (κ3) is 2.75. The van der Waals surface area contributed by atoms with Crippen LogP contribution in [0.2, 0.25) is 0 Å². The van der Waals surface area contributed by atoms with Crippen molar-refractivity contribution in [1.29, 1.82) is 0 Å². The van der Waals surface area contributed by atoms with Crippen molar-refractivity contribution in [3.8, 4) is 0 Å². The average molecular weight is 162 g/mol. The average Bonchev–Trinajstić information content (AvgIpc) is 1.85. The monoisotopic (exact) mass is 162 g/mol. The van der Waals surface area contributed by atoms with Crippen LogP contribution in [0.5, 0.6) is 0 Å². The Hall–Kier alpha value is -0.150. The Labute approximate surface area is 67.4 Å². The van der Waals surface area contributed by atoms with Gasteiger partial charge < -0.3 is 4.48 Å². The van der Waals surface area contributed by atoms with Crippen molar-refractivity contribution in [2.24, 2.45) is 5.92 Å². The molecule has 0 amide bonds. The summed E-state index contributed by atoms with van der Waals surface area (Å²) in [4.78, 5) is 3.66. The standard InChI is InChI=1S/C8H17FNO/c1-10(2)5-3-4-8(6-10)7-11-9/h8H,3-7H2,1-2H3/q+1.